The van der Waals surface area contributed by atoms with Gasteiger partial charge in [0.1, 0.15) is 0 Å². The summed E-state index contributed by atoms with van der Waals surface area (Å²) in [5, 5.41) is 4.15. The quantitative estimate of drug-likeness (QED) is 0.345. The van der Waals surface area contributed by atoms with E-state index in [9.17, 15) is 4.79 Å². The lowest BCUT2D eigenvalue weighted by Gasteiger charge is -2.02. The van der Waals surface area contributed by atoms with Crippen LogP contribution < -0.4 is 5.32 Å². The van der Waals surface area contributed by atoms with Gasteiger partial charge < -0.3 is 0 Å². The van der Waals surface area contributed by atoms with E-state index in [2.05, 4.69) is 21.2 Å². The van der Waals surface area contributed by atoms with Crippen molar-refractivity contribution in [3.05, 3.63) is 93.9 Å². The molecule has 0 spiro atoms. The molecule has 28 heavy (non-hydrogen) atoms. The van der Waals surface area contributed by atoms with Crippen molar-refractivity contribution >= 4 is 49.9 Å². The zero-order chi connectivity index (χ0) is 19.5. The molecule has 0 aliphatic heterocycles. The molecule has 3 nitrogen and oxygen atoms in total. The SMILES string of the molecule is O=C(Nc1nc(-c2ccccc2)c(-c2ccc(Cl)cc2)s1)c1ccc(Br)cc1. The normalized spacial score (nSPS) is 10.6. The van der Waals surface area contributed by atoms with E-state index in [0.717, 1.165) is 26.2 Å². The molecule has 1 amide bonds. The molecule has 1 N–H and O–H groups in total. The molecule has 4 rings (SSSR count). The summed E-state index contributed by atoms with van der Waals surface area (Å²) in [6, 6.07) is 24.8. The third-order valence-corrected chi connectivity index (χ3v) is 5.91. The van der Waals surface area contributed by atoms with Crippen molar-refractivity contribution in [2.24, 2.45) is 0 Å². The number of hydrogen-bond acceptors (Lipinski definition) is 3. The van der Waals surface area contributed by atoms with E-state index in [0.29, 0.717) is 15.7 Å². The molecule has 4 aromatic rings. The van der Waals surface area contributed by atoms with Crippen molar-refractivity contribution in [3.63, 3.8) is 0 Å². The second kappa shape index (κ2) is 8.27. The van der Waals surface area contributed by atoms with E-state index in [1.807, 2.05) is 66.7 Å². The molecule has 1 heterocycles. The van der Waals surface area contributed by atoms with E-state index in [1.165, 1.54) is 11.3 Å². The van der Waals surface area contributed by atoms with Gasteiger partial charge >= 0.3 is 0 Å². The Balaban J connectivity index is 1.71. The number of amides is 1. The number of thiazole rings is 1. The molecule has 3 aromatic carbocycles. The van der Waals surface area contributed by atoms with E-state index >= 15 is 0 Å². The van der Waals surface area contributed by atoms with E-state index in [-0.39, 0.29) is 5.91 Å². The summed E-state index contributed by atoms with van der Waals surface area (Å²) >= 11 is 10.9. The molecule has 0 bridgehead atoms. The highest BCUT2D eigenvalue weighted by molar-refractivity contribution is 9.10. The molecule has 0 unspecified atom stereocenters. The summed E-state index contributed by atoms with van der Waals surface area (Å²) in [4.78, 5) is 18.3. The van der Waals surface area contributed by atoms with Gasteiger partial charge in [0.05, 0.1) is 10.6 Å². The largest absolute Gasteiger partial charge is 0.298 e. The van der Waals surface area contributed by atoms with Gasteiger partial charge in [-0.2, -0.15) is 0 Å². The van der Waals surface area contributed by atoms with Crippen molar-refractivity contribution in [2.75, 3.05) is 5.32 Å². The lowest BCUT2D eigenvalue weighted by atomic mass is 10.1. The molecular formula is C22H14BrClN2OS. The van der Waals surface area contributed by atoms with Gasteiger partial charge in [-0.25, -0.2) is 4.98 Å². The van der Waals surface area contributed by atoms with Crippen LogP contribution in [-0.4, -0.2) is 10.9 Å². The Labute approximate surface area is 180 Å². The lowest BCUT2D eigenvalue weighted by Crippen LogP contribution is -2.11. The maximum absolute atomic E-state index is 12.6. The van der Waals surface area contributed by atoms with Gasteiger partial charge in [0.2, 0.25) is 0 Å². The fraction of sp³-hybridized carbons (Fsp3) is 0. The Morgan fingerprint density at radius 2 is 1.57 bits per heavy atom. The van der Waals surface area contributed by atoms with Crippen molar-refractivity contribution in [2.45, 2.75) is 0 Å². The first-order valence-electron chi connectivity index (χ1n) is 8.49. The number of rotatable bonds is 4. The second-order valence-electron chi connectivity index (χ2n) is 6.03. The van der Waals surface area contributed by atoms with Crippen molar-refractivity contribution in [1.29, 1.82) is 0 Å². The molecule has 0 saturated heterocycles. The molecule has 6 heteroatoms. The second-order valence-corrected chi connectivity index (χ2v) is 8.38. The van der Waals surface area contributed by atoms with Crippen LogP contribution >= 0.6 is 38.9 Å². The average molecular weight is 470 g/mol. The van der Waals surface area contributed by atoms with Crippen LogP contribution in [0.25, 0.3) is 21.7 Å². The molecule has 0 atom stereocenters. The van der Waals surface area contributed by atoms with Crippen LogP contribution in [0, 0.1) is 0 Å². The number of carbonyl (C=O) groups is 1. The van der Waals surface area contributed by atoms with Crippen LogP contribution in [-0.2, 0) is 0 Å². The van der Waals surface area contributed by atoms with Crippen LogP contribution in [0.5, 0.6) is 0 Å². The van der Waals surface area contributed by atoms with Crippen molar-refractivity contribution in [1.82, 2.24) is 4.98 Å². The number of benzene rings is 3. The number of nitrogens with one attached hydrogen (secondary N) is 1. The Bertz CT molecular complexity index is 1110. The number of carbonyl (C=O) groups excluding carboxylic acids is 1. The highest BCUT2D eigenvalue weighted by Gasteiger charge is 2.17. The minimum atomic E-state index is -0.191. The first-order valence-corrected chi connectivity index (χ1v) is 10.5. The summed E-state index contributed by atoms with van der Waals surface area (Å²) in [5.41, 5.74) is 3.41. The zero-order valence-electron chi connectivity index (χ0n) is 14.5. The molecule has 0 radical (unpaired) electrons. The molecule has 1 aromatic heterocycles. The van der Waals surface area contributed by atoms with Crippen LogP contribution in [0.3, 0.4) is 0 Å². The number of halogens is 2. The Morgan fingerprint density at radius 3 is 2.25 bits per heavy atom. The number of anilines is 1. The maximum atomic E-state index is 12.6. The van der Waals surface area contributed by atoms with Gasteiger partial charge in [0.25, 0.3) is 5.91 Å². The fourth-order valence-corrected chi connectivity index (χ4v) is 4.11. The number of nitrogens with zero attached hydrogens (tertiary/aromatic N) is 1. The summed E-state index contributed by atoms with van der Waals surface area (Å²) in [6.45, 7) is 0. The zero-order valence-corrected chi connectivity index (χ0v) is 17.7. The number of hydrogen-bond donors (Lipinski definition) is 1. The highest BCUT2D eigenvalue weighted by atomic mass is 79.9. The van der Waals surface area contributed by atoms with Crippen molar-refractivity contribution < 1.29 is 4.79 Å². The first kappa shape index (κ1) is 18.9. The standard InChI is InChI=1S/C22H14BrClN2OS/c23-17-10-6-16(7-11-17)21(27)26-22-25-19(14-4-2-1-3-5-14)20(28-22)15-8-12-18(24)13-9-15/h1-13H,(H,25,26,27). The van der Waals surface area contributed by atoms with E-state index in [4.69, 9.17) is 16.6 Å². The average Bonchev–Trinajstić information content (AvgIpc) is 3.13. The summed E-state index contributed by atoms with van der Waals surface area (Å²) < 4.78 is 0.926. The van der Waals surface area contributed by atoms with E-state index in [1.54, 1.807) is 12.1 Å². The third-order valence-electron chi connectivity index (χ3n) is 4.11. The summed E-state index contributed by atoms with van der Waals surface area (Å²) in [6.07, 6.45) is 0. The van der Waals surface area contributed by atoms with Gasteiger partial charge in [0, 0.05) is 20.6 Å². The molecule has 0 fully saturated rings. The predicted octanol–water partition coefficient (Wildman–Crippen LogP) is 7.15. The number of aromatic nitrogens is 1. The van der Waals surface area contributed by atoms with E-state index < -0.39 is 0 Å². The lowest BCUT2D eigenvalue weighted by molar-refractivity contribution is 0.102. The fourth-order valence-electron chi connectivity index (χ4n) is 2.73. The topological polar surface area (TPSA) is 42.0 Å². The first-order chi connectivity index (χ1) is 13.6. The van der Waals surface area contributed by atoms with Crippen LogP contribution in [0.4, 0.5) is 5.13 Å². The third kappa shape index (κ3) is 4.17. The Hall–Kier alpha value is -2.47. The predicted molar refractivity (Wildman–Crippen MR) is 120 cm³/mol. The molecule has 0 aliphatic rings. The maximum Gasteiger partial charge on any atom is 0.257 e. The van der Waals surface area contributed by atoms with Gasteiger partial charge in [-0.15, -0.1) is 0 Å². The monoisotopic (exact) mass is 468 g/mol. The van der Waals surface area contributed by atoms with Crippen molar-refractivity contribution in [3.8, 4) is 21.7 Å². The van der Waals surface area contributed by atoms with Gasteiger partial charge in [-0.1, -0.05) is 81.3 Å². The van der Waals surface area contributed by atoms with Crippen LogP contribution in [0.2, 0.25) is 5.02 Å². The molecule has 0 aliphatic carbocycles. The van der Waals surface area contributed by atoms with Gasteiger partial charge in [-0.3, -0.25) is 10.1 Å². The molecule has 0 saturated carbocycles. The molecular weight excluding hydrogens is 456 g/mol. The summed E-state index contributed by atoms with van der Waals surface area (Å²) in [5.74, 6) is -0.191. The smallest absolute Gasteiger partial charge is 0.257 e. The minimum absolute atomic E-state index is 0.191. The van der Waals surface area contributed by atoms with Crippen LogP contribution in [0.15, 0.2) is 83.3 Å². The van der Waals surface area contributed by atoms with Gasteiger partial charge in [0.15, 0.2) is 5.13 Å². The Morgan fingerprint density at radius 1 is 0.893 bits per heavy atom. The highest BCUT2D eigenvalue weighted by Crippen LogP contribution is 2.39. The van der Waals surface area contributed by atoms with Crippen LogP contribution in [0.1, 0.15) is 10.4 Å². The van der Waals surface area contributed by atoms with Gasteiger partial charge in [-0.05, 0) is 42.0 Å². The summed E-state index contributed by atoms with van der Waals surface area (Å²) in [7, 11) is 0. The molecule has 138 valence electrons. The minimum Gasteiger partial charge on any atom is -0.298 e. The Kier molecular flexibility index (Phi) is 5.57.